The van der Waals surface area contributed by atoms with Crippen LogP contribution in [0.5, 0.6) is 0 Å². The van der Waals surface area contributed by atoms with Crippen molar-refractivity contribution in [1.29, 1.82) is 0 Å². The van der Waals surface area contributed by atoms with Gasteiger partial charge in [0.25, 0.3) is 5.91 Å². The van der Waals surface area contributed by atoms with Crippen LogP contribution in [0.3, 0.4) is 0 Å². The largest absolute Gasteiger partial charge is 0.365 e. The SMILES string of the molecule is Cc1cc(C(=O)NCC2CN(CC3CCN(CC4CC4)CC3)C(=O)CO2)cc(C)n1. The van der Waals surface area contributed by atoms with Crippen molar-refractivity contribution in [3.63, 3.8) is 0 Å². The number of pyridine rings is 1. The van der Waals surface area contributed by atoms with Crippen LogP contribution in [0.25, 0.3) is 0 Å². The highest BCUT2D eigenvalue weighted by Crippen LogP contribution is 2.31. The average Bonchev–Trinajstić information content (AvgIpc) is 3.53. The van der Waals surface area contributed by atoms with E-state index in [1.807, 2.05) is 18.7 Å². The van der Waals surface area contributed by atoms with E-state index < -0.39 is 0 Å². The van der Waals surface area contributed by atoms with E-state index in [0.29, 0.717) is 24.6 Å². The Morgan fingerprint density at radius 1 is 1.10 bits per heavy atom. The third-order valence-corrected chi connectivity index (χ3v) is 6.45. The van der Waals surface area contributed by atoms with Gasteiger partial charge in [-0.1, -0.05) is 0 Å². The monoisotopic (exact) mass is 414 g/mol. The Morgan fingerprint density at radius 3 is 2.43 bits per heavy atom. The number of nitrogens with zero attached hydrogens (tertiary/aromatic N) is 3. The molecule has 0 radical (unpaired) electrons. The Labute approximate surface area is 179 Å². The van der Waals surface area contributed by atoms with Crippen LogP contribution in [0, 0.1) is 25.7 Å². The highest BCUT2D eigenvalue weighted by Gasteiger charge is 2.31. The van der Waals surface area contributed by atoms with Gasteiger partial charge in [-0.25, -0.2) is 0 Å². The summed E-state index contributed by atoms with van der Waals surface area (Å²) in [5.41, 5.74) is 2.27. The van der Waals surface area contributed by atoms with Gasteiger partial charge in [-0.3, -0.25) is 14.6 Å². The van der Waals surface area contributed by atoms with E-state index in [4.69, 9.17) is 4.74 Å². The quantitative estimate of drug-likeness (QED) is 0.736. The number of rotatable bonds is 7. The van der Waals surface area contributed by atoms with Crippen molar-refractivity contribution < 1.29 is 14.3 Å². The molecular weight excluding hydrogens is 380 g/mol. The third-order valence-electron chi connectivity index (χ3n) is 6.45. The minimum atomic E-state index is -0.161. The summed E-state index contributed by atoms with van der Waals surface area (Å²) in [7, 11) is 0. The summed E-state index contributed by atoms with van der Waals surface area (Å²) in [6.07, 6.45) is 4.98. The fraction of sp³-hybridized carbons (Fsp3) is 0.696. The lowest BCUT2D eigenvalue weighted by atomic mass is 9.95. The number of hydrogen-bond acceptors (Lipinski definition) is 5. The van der Waals surface area contributed by atoms with Crippen LogP contribution < -0.4 is 5.32 Å². The van der Waals surface area contributed by atoms with Gasteiger partial charge in [0.1, 0.15) is 6.61 Å². The summed E-state index contributed by atoms with van der Waals surface area (Å²) in [5, 5.41) is 2.96. The van der Waals surface area contributed by atoms with Gasteiger partial charge in [-0.05, 0) is 76.6 Å². The molecule has 3 fully saturated rings. The molecule has 2 aliphatic heterocycles. The first-order valence-corrected chi connectivity index (χ1v) is 11.3. The number of nitrogens with one attached hydrogen (secondary N) is 1. The van der Waals surface area contributed by atoms with Gasteiger partial charge in [0, 0.05) is 43.1 Å². The number of aryl methyl sites for hydroxylation is 2. The topological polar surface area (TPSA) is 74.8 Å². The third kappa shape index (κ3) is 5.79. The lowest BCUT2D eigenvalue weighted by Crippen LogP contribution is -2.52. The lowest BCUT2D eigenvalue weighted by molar-refractivity contribution is -0.149. The van der Waals surface area contributed by atoms with Crippen LogP contribution in [-0.4, -0.2) is 78.6 Å². The summed E-state index contributed by atoms with van der Waals surface area (Å²) in [4.78, 5) is 33.7. The minimum Gasteiger partial charge on any atom is -0.365 e. The summed E-state index contributed by atoms with van der Waals surface area (Å²) in [5.74, 6) is 1.45. The first-order chi connectivity index (χ1) is 14.5. The van der Waals surface area contributed by atoms with Gasteiger partial charge in [-0.15, -0.1) is 0 Å². The first-order valence-electron chi connectivity index (χ1n) is 11.3. The van der Waals surface area contributed by atoms with Crippen molar-refractivity contribution in [2.45, 2.75) is 45.6 Å². The van der Waals surface area contributed by atoms with Crippen molar-refractivity contribution in [1.82, 2.24) is 20.1 Å². The van der Waals surface area contributed by atoms with E-state index in [1.54, 1.807) is 12.1 Å². The van der Waals surface area contributed by atoms with Gasteiger partial charge in [0.15, 0.2) is 0 Å². The maximum absolute atomic E-state index is 12.5. The minimum absolute atomic E-state index is 0.0679. The Hall–Kier alpha value is -1.99. The highest BCUT2D eigenvalue weighted by molar-refractivity contribution is 5.94. The molecule has 0 bridgehead atoms. The smallest absolute Gasteiger partial charge is 0.251 e. The molecule has 4 rings (SSSR count). The molecule has 1 unspecified atom stereocenters. The molecule has 1 atom stereocenters. The Balaban J connectivity index is 1.23. The molecule has 1 aromatic heterocycles. The molecule has 30 heavy (non-hydrogen) atoms. The van der Waals surface area contributed by atoms with E-state index in [-0.39, 0.29) is 24.5 Å². The molecule has 2 amide bonds. The number of carbonyl (C=O) groups excluding carboxylic acids is 2. The second-order valence-corrected chi connectivity index (χ2v) is 9.27. The summed E-state index contributed by atoms with van der Waals surface area (Å²) >= 11 is 0. The van der Waals surface area contributed by atoms with E-state index >= 15 is 0 Å². The molecule has 0 aromatic carbocycles. The molecule has 7 nitrogen and oxygen atoms in total. The van der Waals surface area contributed by atoms with Crippen molar-refractivity contribution >= 4 is 11.8 Å². The molecule has 7 heteroatoms. The second kappa shape index (κ2) is 9.43. The summed E-state index contributed by atoms with van der Waals surface area (Å²) in [6, 6.07) is 3.57. The van der Waals surface area contributed by atoms with E-state index in [2.05, 4.69) is 15.2 Å². The predicted molar refractivity (Wildman–Crippen MR) is 114 cm³/mol. The summed E-state index contributed by atoms with van der Waals surface area (Å²) < 4.78 is 5.68. The second-order valence-electron chi connectivity index (χ2n) is 9.27. The van der Waals surface area contributed by atoms with Crippen molar-refractivity contribution in [3.05, 3.63) is 29.1 Å². The lowest BCUT2D eigenvalue weighted by Gasteiger charge is -2.38. The highest BCUT2D eigenvalue weighted by atomic mass is 16.5. The fourth-order valence-electron chi connectivity index (χ4n) is 4.58. The van der Waals surface area contributed by atoms with Crippen LogP contribution in [0.15, 0.2) is 12.1 Å². The molecule has 164 valence electrons. The van der Waals surface area contributed by atoms with Crippen LogP contribution >= 0.6 is 0 Å². The molecule has 1 N–H and O–H groups in total. The Morgan fingerprint density at radius 2 is 1.77 bits per heavy atom. The number of aromatic nitrogens is 1. The number of amides is 2. The van der Waals surface area contributed by atoms with E-state index in [1.165, 1.54) is 32.2 Å². The predicted octanol–water partition coefficient (Wildman–Crippen LogP) is 1.78. The molecule has 3 heterocycles. The first kappa shape index (κ1) is 21.2. The van der Waals surface area contributed by atoms with E-state index in [0.717, 1.165) is 36.9 Å². The number of morpholine rings is 1. The number of piperidine rings is 1. The van der Waals surface area contributed by atoms with Gasteiger partial charge >= 0.3 is 0 Å². The molecule has 2 saturated heterocycles. The zero-order valence-electron chi connectivity index (χ0n) is 18.2. The zero-order chi connectivity index (χ0) is 21.1. The molecule has 0 spiro atoms. The zero-order valence-corrected chi connectivity index (χ0v) is 18.2. The molecule has 1 saturated carbocycles. The number of hydrogen-bond donors (Lipinski definition) is 1. The Bertz CT molecular complexity index is 751. The molecule has 1 aromatic rings. The van der Waals surface area contributed by atoms with Crippen molar-refractivity contribution in [2.75, 3.05) is 45.9 Å². The van der Waals surface area contributed by atoms with Crippen LogP contribution in [0.2, 0.25) is 0 Å². The maximum atomic E-state index is 12.5. The van der Waals surface area contributed by atoms with Crippen molar-refractivity contribution in [3.8, 4) is 0 Å². The summed E-state index contributed by atoms with van der Waals surface area (Å²) in [6.45, 7) is 9.22. The van der Waals surface area contributed by atoms with E-state index in [9.17, 15) is 9.59 Å². The number of ether oxygens (including phenoxy) is 1. The van der Waals surface area contributed by atoms with Crippen LogP contribution in [0.1, 0.15) is 47.4 Å². The van der Waals surface area contributed by atoms with Gasteiger partial charge in [0.2, 0.25) is 5.91 Å². The number of carbonyl (C=O) groups is 2. The van der Waals surface area contributed by atoms with Gasteiger partial charge < -0.3 is 19.9 Å². The van der Waals surface area contributed by atoms with Crippen molar-refractivity contribution in [2.24, 2.45) is 11.8 Å². The standard InChI is InChI=1S/C23H34N4O3/c1-16-9-20(10-17(2)25-16)23(29)24-11-21-14-27(22(28)15-30-21)13-19-5-7-26(8-6-19)12-18-3-4-18/h9-10,18-19,21H,3-8,11-15H2,1-2H3,(H,24,29). The van der Waals surface area contributed by atoms with Gasteiger partial charge in [-0.2, -0.15) is 0 Å². The van der Waals surface area contributed by atoms with Crippen LogP contribution in [-0.2, 0) is 9.53 Å². The van der Waals surface area contributed by atoms with Crippen LogP contribution in [0.4, 0.5) is 0 Å². The molecule has 3 aliphatic rings. The number of likely N-dealkylation sites (tertiary alicyclic amines) is 1. The maximum Gasteiger partial charge on any atom is 0.251 e. The Kier molecular flexibility index (Phi) is 6.68. The normalized spacial score (nSPS) is 23.6. The molecular formula is C23H34N4O3. The average molecular weight is 415 g/mol. The molecule has 1 aliphatic carbocycles. The van der Waals surface area contributed by atoms with Gasteiger partial charge in [0.05, 0.1) is 6.10 Å². The fourth-order valence-corrected chi connectivity index (χ4v) is 4.58.